The summed E-state index contributed by atoms with van der Waals surface area (Å²) in [6.07, 6.45) is 9.59. The summed E-state index contributed by atoms with van der Waals surface area (Å²) in [7, 11) is 0. The van der Waals surface area contributed by atoms with Crippen molar-refractivity contribution in [2.75, 3.05) is 13.1 Å². The molecule has 0 saturated heterocycles. The van der Waals surface area contributed by atoms with E-state index in [4.69, 9.17) is 4.99 Å². The minimum Gasteiger partial charge on any atom is -0.393 e. The zero-order valence-corrected chi connectivity index (χ0v) is 16.5. The van der Waals surface area contributed by atoms with Gasteiger partial charge in [-0.2, -0.15) is 0 Å². The Morgan fingerprint density at radius 2 is 1.82 bits per heavy atom. The summed E-state index contributed by atoms with van der Waals surface area (Å²) in [6.45, 7) is 6.05. The third-order valence-electron chi connectivity index (χ3n) is 5.21. The van der Waals surface area contributed by atoms with Crippen LogP contribution in [0.1, 0.15) is 65.2 Å². The van der Waals surface area contributed by atoms with Gasteiger partial charge in [0.15, 0.2) is 5.96 Å². The van der Waals surface area contributed by atoms with E-state index in [2.05, 4.69) is 24.5 Å². The number of hydrogen-bond donors (Lipinski definition) is 3. The van der Waals surface area contributed by atoms with Crippen molar-refractivity contribution < 1.29 is 5.11 Å². The molecule has 5 heteroatoms. The molecule has 22 heavy (non-hydrogen) atoms. The fourth-order valence-electron chi connectivity index (χ4n) is 3.67. The molecular formula is C17H34IN3O. The molecule has 2 saturated carbocycles. The Morgan fingerprint density at radius 3 is 2.36 bits per heavy atom. The first-order chi connectivity index (χ1) is 10.2. The average Bonchev–Trinajstić information content (AvgIpc) is 2.91. The smallest absolute Gasteiger partial charge is 0.191 e. The van der Waals surface area contributed by atoms with Crippen LogP contribution in [-0.4, -0.2) is 36.3 Å². The molecular weight excluding hydrogens is 389 g/mol. The quantitative estimate of drug-likeness (QED) is 0.361. The minimum atomic E-state index is -0.142. The third-order valence-corrected chi connectivity index (χ3v) is 5.21. The molecule has 3 N–H and O–H groups in total. The normalized spacial score (nSPS) is 32.4. The number of nitrogens with zero attached hydrogens (tertiary/aromatic N) is 1. The Kier molecular flexibility index (Phi) is 9.71. The van der Waals surface area contributed by atoms with Gasteiger partial charge in [0.1, 0.15) is 0 Å². The monoisotopic (exact) mass is 423 g/mol. The second kappa shape index (κ2) is 10.7. The molecule has 2 aliphatic rings. The summed E-state index contributed by atoms with van der Waals surface area (Å²) >= 11 is 0. The molecule has 2 rings (SSSR count). The van der Waals surface area contributed by atoms with Crippen LogP contribution in [0.5, 0.6) is 0 Å². The van der Waals surface area contributed by atoms with Gasteiger partial charge in [0.2, 0.25) is 0 Å². The zero-order chi connectivity index (χ0) is 15.1. The van der Waals surface area contributed by atoms with E-state index in [0.29, 0.717) is 12.0 Å². The Morgan fingerprint density at radius 1 is 1.09 bits per heavy atom. The highest BCUT2D eigenvalue weighted by Crippen LogP contribution is 2.27. The van der Waals surface area contributed by atoms with Crippen LogP contribution in [0, 0.1) is 11.8 Å². The zero-order valence-electron chi connectivity index (χ0n) is 14.2. The summed E-state index contributed by atoms with van der Waals surface area (Å²) < 4.78 is 0. The fraction of sp³-hybridized carbons (Fsp3) is 0.941. The Labute approximate surface area is 152 Å². The van der Waals surface area contributed by atoms with Crippen LogP contribution >= 0.6 is 24.0 Å². The predicted molar refractivity (Wildman–Crippen MR) is 104 cm³/mol. The summed E-state index contributed by atoms with van der Waals surface area (Å²) in [5.41, 5.74) is 0. The molecule has 2 atom stereocenters. The molecule has 2 aliphatic carbocycles. The second-order valence-corrected chi connectivity index (χ2v) is 6.75. The maximum absolute atomic E-state index is 9.90. The van der Waals surface area contributed by atoms with Crippen molar-refractivity contribution >= 4 is 29.9 Å². The van der Waals surface area contributed by atoms with Gasteiger partial charge in [-0.05, 0) is 51.4 Å². The van der Waals surface area contributed by atoms with Crippen molar-refractivity contribution in [1.29, 1.82) is 0 Å². The highest BCUT2D eigenvalue weighted by molar-refractivity contribution is 14.0. The van der Waals surface area contributed by atoms with Crippen molar-refractivity contribution in [2.45, 2.75) is 77.4 Å². The minimum absolute atomic E-state index is 0. The van der Waals surface area contributed by atoms with Crippen molar-refractivity contribution in [1.82, 2.24) is 10.6 Å². The van der Waals surface area contributed by atoms with Gasteiger partial charge in [-0.15, -0.1) is 24.0 Å². The van der Waals surface area contributed by atoms with Gasteiger partial charge in [0, 0.05) is 25.0 Å². The van der Waals surface area contributed by atoms with E-state index in [-0.39, 0.29) is 30.1 Å². The van der Waals surface area contributed by atoms with Gasteiger partial charge < -0.3 is 15.7 Å². The maximum atomic E-state index is 9.90. The molecule has 4 nitrogen and oxygen atoms in total. The van der Waals surface area contributed by atoms with Crippen LogP contribution in [0.3, 0.4) is 0 Å². The topological polar surface area (TPSA) is 56.7 Å². The van der Waals surface area contributed by atoms with Crippen LogP contribution < -0.4 is 10.6 Å². The molecule has 0 aromatic heterocycles. The molecule has 130 valence electrons. The van der Waals surface area contributed by atoms with Gasteiger partial charge >= 0.3 is 0 Å². The SMILES string of the molecule is CCNC(=NCC1CCCC1O)NC1CCC(CC)CC1.I. The van der Waals surface area contributed by atoms with E-state index < -0.39 is 0 Å². The number of rotatable bonds is 5. The Hall–Kier alpha value is -0.0400. The molecule has 0 amide bonds. The largest absolute Gasteiger partial charge is 0.393 e. The van der Waals surface area contributed by atoms with Crippen LogP contribution in [0.4, 0.5) is 0 Å². The van der Waals surface area contributed by atoms with E-state index in [0.717, 1.165) is 44.2 Å². The Balaban J connectivity index is 0.00000242. The first-order valence-corrected chi connectivity index (χ1v) is 8.95. The molecule has 0 aromatic rings. The van der Waals surface area contributed by atoms with Crippen molar-refractivity contribution in [3.05, 3.63) is 0 Å². The van der Waals surface area contributed by atoms with Gasteiger partial charge in [0.25, 0.3) is 0 Å². The van der Waals surface area contributed by atoms with E-state index >= 15 is 0 Å². The summed E-state index contributed by atoms with van der Waals surface area (Å²) in [4.78, 5) is 4.71. The Bertz CT molecular complexity index is 330. The maximum Gasteiger partial charge on any atom is 0.191 e. The van der Waals surface area contributed by atoms with Gasteiger partial charge in [-0.3, -0.25) is 4.99 Å². The first kappa shape index (κ1) is 20.0. The van der Waals surface area contributed by atoms with Crippen LogP contribution in [0.25, 0.3) is 0 Å². The second-order valence-electron chi connectivity index (χ2n) is 6.75. The standard InChI is InChI=1S/C17H33N3O.HI/c1-3-13-8-10-15(11-9-13)20-17(18-4-2)19-12-14-6-5-7-16(14)21;/h13-16,21H,3-12H2,1-2H3,(H2,18,19,20);1H. The molecule has 0 aliphatic heterocycles. The number of guanidine groups is 1. The summed E-state index contributed by atoms with van der Waals surface area (Å²) in [6, 6.07) is 0.569. The lowest BCUT2D eigenvalue weighted by Gasteiger charge is -2.29. The van der Waals surface area contributed by atoms with E-state index in [9.17, 15) is 5.11 Å². The molecule has 0 heterocycles. The summed E-state index contributed by atoms with van der Waals surface area (Å²) in [5, 5.41) is 16.8. The molecule has 0 aromatic carbocycles. The number of hydrogen-bond acceptors (Lipinski definition) is 2. The highest BCUT2D eigenvalue weighted by Gasteiger charge is 2.25. The first-order valence-electron chi connectivity index (χ1n) is 8.95. The lowest BCUT2D eigenvalue weighted by atomic mass is 9.84. The molecule has 0 bridgehead atoms. The fourth-order valence-corrected chi connectivity index (χ4v) is 3.67. The van der Waals surface area contributed by atoms with E-state index in [1.807, 2.05) is 0 Å². The van der Waals surface area contributed by atoms with Gasteiger partial charge in [-0.25, -0.2) is 0 Å². The van der Waals surface area contributed by atoms with Crippen LogP contribution in [-0.2, 0) is 0 Å². The van der Waals surface area contributed by atoms with Gasteiger partial charge in [-0.1, -0.05) is 19.8 Å². The van der Waals surface area contributed by atoms with Crippen molar-refractivity contribution in [3.63, 3.8) is 0 Å². The lowest BCUT2D eigenvalue weighted by molar-refractivity contribution is 0.136. The van der Waals surface area contributed by atoms with E-state index in [1.54, 1.807) is 0 Å². The molecule has 0 radical (unpaired) electrons. The number of aliphatic hydroxyl groups is 1. The van der Waals surface area contributed by atoms with Crippen LogP contribution in [0.2, 0.25) is 0 Å². The van der Waals surface area contributed by atoms with Crippen molar-refractivity contribution in [2.24, 2.45) is 16.8 Å². The van der Waals surface area contributed by atoms with E-state index in [1.165, 1.54) is 32.1 Å². The summed E-state index contributed by atoms with van der Waals surface area (Å²) in [5.74, 6) is 2.23. The number of aliphatic hydroxyl groups excluding tert-OH is 1. The van der Waals surface area contributed by atoms with Gasteiger partial charge in [0.05, 0.1) is 6.10 Å². The number of aliphatic imine (C=N–C) groups is 1. The predicted octanol–water partition coefficient (Wildman–Crippen LogP) is 3.29. The lowest BCUT2D eigenvalue weighted by Crippen LogP contribution is -2.45. The van der Waals surface area contributed by atoms with Crippen molar-refractivity contribution in [3.8, 4) is 0 Å². The molecule has 0 spiro atoms. The highest BCUT2D eigenvalue weighted by atomic mass is 127. The number of halogens is 1. The average molecular weight is 423 g/mol. The number of nitrogens with one attached hydrogen (secondary N) is 2. The third kappa shape index (κ3) is 6.22. The molecule has 2 unspecified atom stereocenters. The van der Waals surface area contributed by atoms with Crippen LogP contribution in [0.15, 0.2) is 4.99 Å². The molecule has 2 fully saturated rings.